The van der Waals surface area contributed by atoms with Gasteiger partial charge in [0.25, 0.3) is 0 Å². The van der Waals surface area contributed by atoms with E-state index in [0.717, 1.165) is 43.9 Å². The minimum absolute atomic E-state index is 0.0194. The van der Waals surface area contributed by atoms with Gasteiger partial charge in [-0.2, -0.15) is 0 Å². The number of ketones is 1. The summed E-state index contributed by atoms with van der Waals surface area (Å²) in [6.45, 7) is 0.356. The van der Waals surface area contributed by atoms with Crippen molar-refractivity contribution < 1.29 is 18.7 Å². The zero-order valence-electron chi connectivity index (χ0n) is 11.3. The van der Waals surface area contributed by atoms with Gasteiger partial charge in [0, 0.05) is 12.6 Å². The molecule has 20 heavy (non-hydrogen) atoms. The second-order valence-corrected chi connectivity index (χ2v) is 5.18. The Morgan fingerprint density at radius 2 is 2.00 bits per heavy atom. The molecule has 0 radical (unpaired) electrons. The van der Waals surface area contributed by atoms with Gasteiger partial charge in [-0.05, 0) is 31.0 Å². The number of halogens is 2. The van der Waals surface area contributed by atoms with Gasteiger partial charge >= 0.3 is 0 Å². The third-order valence-corrected chi connectivity index (χ3v) is 3.80. The fourth-order valence-electron chi connectivity index (χ4n) is 2.77. The van der Waals surface area contributed by atoms with Crippen LogP contribution in [0.4, 0.5) is 8.78 Å². The van der Waals surface area contributed by atoms with E-state index in [9.17, 15) is 13.6 Å². The lowest BCUT2D eigenvalue weighted by Crippen LogP contribution is -2.39. The Balaban J connectivity index is 2.09. The van der Waals surface area contributed by atoms with Gasteiger partial charge in [-0.1, -0.05) is 12.8 Å². The van der Waals surface area contributed by atoms with Gasteiger partial charge in [0.2, 0.25) is 0 Å². The highest BCUT2D eigenvalue weighted by Crippen LogP contribution is 2.23. The Hall–Kier alpha value is -1.33. The molecular weight excluding hydrogens is 264 g/mol. The highest BCUT2D eigenvalue weighted by molar-refractivity contribution is 5.97. The van der Waals surface area contributed by atoms with Crippen LogP contribution in [0, 0.1) is 11.6 Å². The van der Waals surface area contributed by atoms with Gasteiger partial charge in [0.05, 0.1) is 18.7 Å². The van der Waals surface area contributed by atoms with Gasteiger partial charge in [0.1, 0.15) is 11.6 Å². The molecule has 0 aliphatic heterocycles. The van der Waals surface area contributed by atoms with Crippen molar-refractivity contribution in [1.82, 2.24) is 4.90 Å². The minimum Gasteiger partial charge on any atom is -0.395 e. The fraction of sp³-hybridized carbons (Fsp3) is 0.533. The summed E-state index contributed by atoms with van der Waals surface area (Å²) in [6.07, 6.45) is 4.18. The topological polar surface area (TPSA) is 40.5 Å². The molecule has 0 bridgehead atoms. The third-order valence-electron chi connectivity index (χ3n) is 3.80. The lowest BCUT2D eigenvalue weighted by atomic mass is 10.1. The first kappa shape index (κ1) is 15.1. The summed E-state index contributed by atoms with van der Waals surface area (Å²) in [5.74, 6) is -1.77. The van der Waals surface area contributed by atoms with Crippen molar-refractivity contribution in [3.63, 3.8) is 0 Å². The lowest BCUT2D eigenvalue weighted by Gasteiger charge is -2.27. The molecule has 0 saturated heterocycles. The van der Waals surface area contributed by atoms with Crippen LogP contribution in [0.25, 0.3) is 0 Å². The van der Waals surface area contributed by atoms with Crippen molar-refractivity contribution >= 4 is 5.78 Å². The average molecular weight is 283 g/mol. The van der Waals surface area contributed by atoms with Crippen molar-refractivity contribution in [2.45, 2.75) is 31.7 Å². The number of rotatable bonds is 6. The number of benzene rings is 1. The standard InChI is InChI=1S/C15H19F2NO2/c16-11-5-6-14(17)13(9-11)15(20)10-18(7-8-19)12-3-1-2-4-12/h5-6,9,12,19H,1-4,7-8,10H2. The Bertz CT molecular complexity index is 473. The molecule has 1 aliphatic rings. The molecule has 1 saturated carbocycles. The summed E-state index contributed by atoms with van der Waals surface area (Å²) < 4.78 is 26.7. The van der Waals surface area contributed by atoms with E-state index in [2.05, 4.69) is 0 Å². The van der Waals surface area contributed by atoms with Crippen LogP contribution in [0.15, 0.2) is 18.2 Å². The number of hydrogen-bond donors (Lipinski definition) is 1. The smallest absolute Gasteiger partial charge is 0.179 e. The van der Waals surface area contributed by atoms with Gasteiger partial charge in [0.15, 0.2) is 5.78 Å². The third kappa shape index (κ3) is 3.61. The van der Waals surface area contributed by atoms with Gasteiger partial charge in [-0.3, -0.25) is 9.69 Å². The molecule has 1 aromatic rings. The maximum atomic E-state index is 13.6. The quantitative estimate of drug-likeness (QED) is 0.815. The summed E-state index contributed by atoms with van der Waals surface area (Å²) in [4.78, 5) is 14.0. The first-order valence-corrected chi connectivity index (χ1v) is 6.95. The summed E-state index contributed by atoms with van der Waals surface area (Å²) in [5, 5.41) is 9.09. The zero-order chi connectivity index (χ0) is 14.5. The SMILES string of the molecule is O=C(CN(CCO)C1CCCC1)c1cc(F)ccc1F. The van der Waals surface area contributed by atoms with E-state index in [4.69, 9.17) is 5.11 Å². The Kier molecular flexibility index (Phi) is 5.20. The molecule has 1 aliphatic carbocycles. The van der Waals surface area contributed by atoms with Crippen LogP contribution in [0.5, 0.6) is 0 Å². The fourth-order valence-corrected chi connectivity index (χ4v) is 2.77. The van der Waals surface area contributed by atoms with Gasteiger partial charge < -0.3 is 5.11 Å². The van der Waals surface area contributed by atoms with E-state index < -0.39 is 17.4 Å². The summed E-state index contributed by atoms with van der Waals surface area (Å²) in [5.41, 5.74) is -0.217. The molecule has 2 rings (SSSR count). The Labute approximate surface area is 117 Å². The monoisotopic (exact) mass is 283 g/mol. The molecule has 0 amide bonds. The molecule has 0 aromatic heterocycles. The molecule has 0 unspecified atom stereocenters. The van der Waals surface area contributed by atoms with Crippen molar-refractivity contribution in [3.05, 3.63) is 35.4 Å². The molecule has 110 valence electrons. The zero-order valence-corrected chi connectivity index (χ0v) is 11.3. The maximum Gasteiger partial charge on any atom is 0.179 e. The van der Waals surface area contributed by atoms with E-state index in [1.54, 1.807) is 0 Å². The van der Waals surface area contributed by atoms with E-state index >= 15 is 0 Å². The normalized spacial score (nSPS) is 16.0. The predicted molar refractivity (Wildman–Crippen MR) is 71.6 cm³/mol. The maximum absolute atomic E-state index is 13.6. The number of Topliss-reactive ketones (excluding diaryl/α,β-unsaturated/α-hetero) is 1. The predicted octanol–water partition coefficient (Wildman–Crippen LogP) is 2.38. The van der Waals surface area contributed by atoms with E-state index in [-0.39, 0.29) is 24.8 Å². The van der Waals surface area contributed by atoms with Crippen LogP contribution in [0.2, 0.25) is 0 Å². The largest absolute Gasteiger partial charge is 0.395 e. The molecule has 0 heterocycles. The molecule has 0 atom stereocenters. The number of carbonyl (C=O) groups excluding carboxylic acids is 1. The second kappa shape index (κ2) is 6.90. The molecule has 5 heteroatoms. The summed E-state index contributed by atoms with van der Waals surface area (Å²) in [7, 11) is 0. The lowest BCUT2D eigenvalue weighted by molar-refractivity contribution is 0.0858. The van der Waals surface area contributed by atoms with Crippen LogP contribution >= 0.6 is 0 Å². The first-order chi connectivity index (χ1) is 9.61. The number of nitrogens with zero attached hydrogens (tertiary/aromatic N) is 1. The number of aliphatic hydroxyl groups excluding tert-OH is 1. The molecule has 1 fully saturated rings. The highest BCUT2D eigenvalue weighted by atomic mass is 19.1. The van der Waals surface area contributed by atoms with Crippen molar-refractivity contribution in [2.75, 3.05) is 19.7 Å². The molecule has 3 nitrogen and oxygen atoms in total. The van der Waals surface area contributed by atoms with Gasteiger partial charge in [-0.15, -0.1) is 0 Å². The summed E-state index contributed by atoms with van der Waals surface area (Å²) >= 11 is 0. The van der Waals surface area contributed by atoms with E-state index in [1.807, 2.05) is 4.90 Å². The second-order valence-electron chi connectivity index (χ2n) is 5.18. The van der Waals surface area contributed by atoms with Crippen LogP contribution in [0.3, 0.4) is 0 Å². The minimum atomic E-state index is -0.702. The van der Waals surface area contributed by atoms with Crippen LogP contribution in [0.1, 0.15) is 36.0 Å². The Morgan fingerprint density at radius 1 is 1.30 bits per heavy atom. The molecule has 1 aromatic carbocycles. The van der Waals surface area contributed by atoms with Gasteiger partial charge in [-0.25, -0.2) is 8.78 Å². The van der Waals surface area contributed by atoms with E-state index in [1.165, 1.54) is 0 Å². The van der Waals surface area contributed by atoms with Crippen LogP contribution in [-0.4, -0.2) is 41.5 Å². The van der Waals surface area contributed by atoms with Crippen molar-refractivity contribution in [2.24, 2.45) is 0 Å². The highest BCUT2D eigenvalue weighted by Gasteiger charge is 2.25. The number of aliphatic hydroxyl groups is 1. The number of carbonyl (C=O) groups is 1. The average Bonchev–Trinajstić information content (AvgIpc) is 2.95. The molecule has 0 spiro atoms. The summed E-state index contributed by atoms with van der Waals surface area (Å²) in [6, 6.07) is 3.15. The van der Waals surface area contributed by atoms with Crippen LogP contribution < -0.4 is 0 Å². The Morgan fingerprint density at radius 3 is 2.65 bits per heavy atom. The van der Waals surface area contributed by atoms with E-state index in [0.29, 0.717) is 6.54 Å². The molecule has 1 N–H and O–H groups in total. The molecular formula is C15H19F2NO2. The van der Waals surface area contributed by atoms with Crippen molar-refractivity contribution in [1.29, 1.82) is 0 Å². The first-order valence-electron chi connectivity index (χ1n) is 6.95. The number of hydrogen-bond acceptors (Lipinski definition) is 3. The van der Waals surface area contributed by atoms with Crippen molar-refractivity contribution in [3.8, 4) is 0 Å². The van der Waals surface area contributed by atoms with Crippen LogP contribution in [-0.2, 0) is 0 Å².